The molecule has 0 amide bonds. The van der Waals surface area contributed by atoms with Gasteiger partial charge in [0.05, 0.1) is 6.10 Å². The molecule has 0 rings (SSSR count). The van der Waals surface area contributed by atoms with Crippen LogP contribution in [-0.2, 0) is 9.53 Å². The molecule has 35 heavy (non-hydrogen) atoms. The summed E-state index contributed by atoms with van der Waals surface area (Å²) < 4.78 is 229. The third-order valence-electron chi connectivity index (χ3n) is 4.12. The van der Waals surface area contributed by atoms with Crippen LogP contribution in [-0.4, -0.2) is 70.9 Å². The molecule has 0 saturated heterocycles. The number of carbonyl (C=O) groups is 1. The quantitative estimate of drug-likeness (QED) is 0.206. The molecule has 20 heteroatoms. The van der Waals surface area contributed by atoms with E-state index in [1.165, 1.54) is 0 Å². The zero-order valence-electron chi connectivity index (χ0n) is 16.6. The van der Waals surface area contributed by atoms with Crippen molar-refractivity contribution in [3.8, 4) is 0 Å². The van der Waals surface area contributed by atoms with E-state index >= 15 is 0 Å². The molecule has 0 aromatic rings. The molecule has 3 nitrogen and oxygen atoms in total. The summed E-state index contributed by atoms with van der Waals surface area (Å²) in [5.41, 5.74) is -0.979. The molecule has 0 aromatic heterocycles. The van der Waals surface area contributed by atoms with Crippen LogP contribution in [0.5, 0.6) is 0 Å². The molecule has 2 atom stereocenters. The Morgan fingerprint density at radius 3 is 1.20 bits per heavy atom. The minimum Gasteiger partial charge on any atom is -0.450 e. The lowest BCUT2D eigenvalue weighted by atomic mass is 9.87. The van der Waals surface area contributed by atoms with Gasteiger partial charge in [0.25, 0.3) is 0 Å². The second-order valence-corrected chi connectivity index (χ2v) is 6.91. The highest BCUT2D eigenvalue weighted by atomic mass is 19.4. The normalized spacial score (nSPS) is 17.1. The lowest BCUT2D eigenvalue weighted by Gasteiger charge is -2.44. The molecule has 0 radical (unpaired) electrons. The van der Waals surface area contributed by atoms with Crippen molar-refractivity contribution < 1.29 is 89.3 Å². The molecular weight excluding hydrogens is 551 g/mol. The summed E-state index contributed by atoms with van der Waals surface area (Å²) in [4.78, 5) is 11.2. The maximum Gasteiger partial charge on any atom is 0.460 e. The average molecular weight is 562 g/mol. The van der Waals surface area contributed by atoms with Crippen molar-refractivity contribution in [3.05, 3.63) is 12.2 Å². The molecule has 0 saturated carbocycles. The van der Waals surface area contributed by atoms with Gasteiger partial charge in [-0.2, -0.15) is 74.6 Å². The van der Waals surface area contributed by atoms with Gasteiger partial charge in [-0.05, 0) is 13.8 Å². The van der Waals surface area contributed by atoms with Gasteiger partial charge in [0.15, 0.2) is 6.10 Å². The van der Waals surface area contributed by atoms with E-state index < -0.39 is 71.4 Å². The van der Waals surface area contributed by atoms with Crippen LogP contribution in [0, 0.1) is 0 Å². The van der Waals surface area contributed by atoms with Gasteiger partial charge in [0.1, 0.15) is 0 Å². The zero-order chi connectivity index (χ0) is 29.0. The second kappa shape index (κ2) is 8.82. The minimum atomic E-state index is -8.78. The second-order valence-electron chi connectivity index (χ2n) is 6.91. The molecule has 1 N–H and O–H groups in total. The number of halogens is 17. The van der Waals surface area contributed by atoms with Crippen LogP contribution in [0.15, 0.2) is 12.2 Å². The molecule has 0 spiro atoms. The van der Waals surface area contributed by atoms with Crippen LogP contribution < -0.4 is 0 Å². The fraction of sp³-hybridized carbons (Fsp3) is 0.800. The van der Waals surface area contributed by atoms with E-state index in [1.807, 2.05) is 0 Å². The molecular formula is C15H11F17O3. The van der Waals surface area contributed by atoms with E-state index in [9.17, 15) is 79.4 Å². The van der Waals surface area contributed by atoms with Crippen LogP contribution in [0.4, 0.5) is 74.6 Å². The van der Waals surface area contributed by atoms with Crippen LogP contribution in [0.3, 0.4) is 0 Å². The predicted octanol–water partition coefficient (Wildman–Crippen LogP) is 5.86. The monoisotopic (exact) mass is 562 g/mol. The van der Waals surface area contributed by atoms with Gasteiger partial charge in [0.2, 0.25) is 0 Å². The number of hydrogen-bond acceptors (Lipinski definition) is 3. The van der Waals surface area contributed by atoms with Crippen molar-refractivity contribution >= 4 is 5.97 Å². The number of ether oxygens (including phenoxy) is 1. The molecule has 0 aliphatic heterocycles. The highest BCUT2D eigenvalue weighted by Gasteiger charge is 2.95. The van der Waals surface area contributed by atoms with E-state index in [0.717, 1.165) is 0 Å². The lowest BCUT2D eigenvalue weighted by molar-refractivity contribution is -0.464. The van der Waals surface area contributed by atoms with Gasteiger partial charge in [-0.25, -0.2) is 4.79 Å². The number of carbonyl (C=O) groups excluding carboxylic acids is 1. The van der Waals surface area contributed by atoms with Gasteiger partial charge in [-0.1, -0.05) is 6.58 Å². The Bertz CT molecular complexity index is 812. The van der Waals surface area contributed by atoms with Crippen LogP contribution in [0.25, 0.3) is 0 Å². The molecule has 0 heterocycles. The summed E-state index contributed by atoms with van der Waals surface area (Å²) in [6.45, 7) is 3.28. The summed E-state index contributed by atoms with van der Waals surface area (Å²) >= 11 is 0. The lowest BCUT2D eigenvalue weighted by Crippen LogP contribution is -2.75. The summed E-state index contributed by atoms with van der Waals surface area (Å²) in [6, 6.07) is 0. The topological polar surface area (TPSA) is 46.5 Å². The minimum absolute atomic E-state index is 0.0245. The summed E-state index contributed by atoms with van der Waals surface area (Å²) in [5, 5.41) is 9.05. The van der Waals surface area contributed by atoms with Crippen LogP contribution in [0.1, 0.15) is 13.8 Å². The highest BCUT2D eigenvalue weighted by molar-refractivity contribution is 5.87. The third-order valence-corrected chi connectivity index (χ3v) is 4.12. The first kappa shape index (κ1) is 33.0. The number of rotatable bonds is 10. The Morgan fingerprint density at radius 1 is 0.657 bits per heavy atom. The van der Waals surface area contributed by atoms with E-state index in [-0.39, 0.29) is 6.92 Å². The fourth-order valence-electron chi connectivity index (χ4n) is 2.05. The van der Waals surface area contributed by atoms with Crippen molar-refractivity contribution in [2.75, 3.05) is 0 Å². The standard InChI is InChI=1S/C15H11F17O3/c1-4(2)7(34)35-6(5(3)33)8(16,17)9(18,19)10(20,21)11(22,23)12(24,25)13(26,27)14(28,29)15(30,31)32/h5-6,33H,1H2,2-3H3. The number of aliphatic hydroxyl groups excluding tert-OH is 1. The van der Waals surface area contributed by atoms with Crippen LogP contribution >= 0.6 is 0 Å². The van der Waals surface area contributed by atoms with E-state index in [4.69, 9.17) is 5.11 Å². The molecule has 0 bridgehead atoms. The Labute approximate surface area is 182 Å². The van der Waals surface area contributed by atoms with Crippen molar-refractivity contribution in [2.24, 2.45) is 0 Å². The molecule has 0 fully saturated rings. The molecule has 0 aliphatic carbocycles. The zero-order valence-corrected chi connectivity index (χ0v) is 16.6. The first-order valence-corrected chi connectivity index (χ1v) is 8.17. The SMILES string of the molecule is C=C(C)C(=O)OC(C(C)O)C(F)(F)C(F)(F)C(F)(F)C(F)(F)C(F)(F)C(F)(F)C(F)(F)C(F)(F)F. The predicted molar refractivity (Wildman–Crippen MR) is 77.1 cm³/mol. The number of hydrogen-bond donors (Lipinski definition) is 1. The molecule has 208 valence electrons. The van der Waals surface area contributed by atoms with Gasteiger partial charge >= 0.3 is 53.6 Å². The summed E-state index contributed by atoms with van der Waals surface area (Å²) in [7, 11) is 0. The Morgan fingerprint density at radius 2 is 0.943 bits per heavy atom. The fourth-order valence-corrected chi connectivity index (χ4v) is 2.05. The van der Waals surface area contributed by atoms with Gasteiger partial charge in [0, 0.05) is 5.57 Å². The first-order chi connectivity index (χ1) is 14.9. The molecule has 0 aromatic carbocycles. The van der Waals surface area contributed by atoms with Crippen LogP contribution in [0.2, 0.25) is 0 Å². The van der Waals surface area contributed by atoms with Crippen molar-refractivity contribution in [1.29, 1.82) is 0 Å². The Hall–Kier alpha value is -2.02. The maximum atomic E-state index is 14.1. The smallest absolute Gasteiger partial charge is 0.450 e. The number of esters is 1. The maximum absolute atomic E-state index is 14.1. The Kier molecular flexibility index (Phi) is 8.31. The van der Waals surface area contributed by atoms with Gasteiger partial charge in [-0.15, -0.1) is 0 Å². The summed E-state index contributed by atoms with van der Waals surface area (Å²) in [5.74, 6) is -60.4. The van der Waals surface area contributed by atoms with Crippen molar-refractivity contribution in [2.45, 2.75) is 73.7 Å². The largest absolute Gasteiger partial charge is 0.460 e. The Balaban J connectivity index is 6.93. The van der Waals surface area contributed by atoms with Gasteiger partial charge < -0.3 is 9.84 Å². The number of aliphatic hydroxyl groups is 1. The molecule has 0 aliphatic rings. The average Bonchev–Trinajstić information content (AvgIpc) is 2.63. The number of alkyl halides is 17. The van der Waals surface area contributed by atoms with Crippen molar-refractivity contribution in [1.82, 2.24) is 0 Å². The van der Waals surface area contributed by atoms with Crippen molar-refractivity contribution in [3.63, 3.8) is 0 Å². The first-order valence-electron chi connectivity index (χ1n) is 8.17. The third kappa shape index (κ3) is 4.61. The summed E-state index contributed by atoms with van der Waals surface area (Å²) in [6.07, 6.45) is -15.4. The molecule has 2 unspecified atom stereocenters. The van der Waals surface area contributed by atoms with Gasteiger partial charge in [-0.3, -0.25) is 0 Å². The van der Waals surface area contributed by atoms with E-state index in [0.29, 0.717) is 6.92 Å². The highest BCUT2D eigenvalue weighted by Crippen LogP contribution is 2.64. The van der Waals surface area contributed by atoms with E-state index in [2.05, 4.69) is 11.3 Å². The van der Waals surface area contributed by atoms with E-state index in [1.54, 1.807) is 0 Å².